The van der Waals surface area contributed by atoms with Gasteiger partial charge in [-0.25, -0.2) is 9.59 Å². The summed E-state index contributed by atoms with van der Waals surface area (Å²) in [5, 5.41) is 32.6. The number of hydrogen-bond acceptors (Lipinski definition) is 4. The summed E-state index contributed by atoms with van der Waals surface area (Å²) in [6.07, 6.45) is 9.01. The Morgan fingerprint density at radius 3 is 1.11 bits per heavy atom. The number of carboxylic acids is 2. The molecular formula is C13H24O6. The Labute approximate surface area is 113 Å². The quantitative estimate of drug-likeness (QED) is 0.354. The van der Waals surface area contributed by atoms with Crippen molar-refractivity contribution < 1.29 is 30.0 Å². The summed E-state index contributed by atoms with van der Waals surface area (Å²) in [4.78, 5) is 19.1. The van der Waals surface area contributed by atoms with Crippen LogP contribution in [0.15, 0.2) is 12.2 Å². The first-order valence-corrected chi connectivity index (χ1v) is 6.40. The maximum atomic E-state index is 9.55. The summed E-state index contributed by atoms with van der Waals surface area (Å²) >= 11 is 0. The molecule has 0 spiro atoms. The van der Waals surface area contributed by atoms with Crippen molar-refractivity contribution in [3.8, 4) is 0 Å². The number of carboxylic acid groups (broad SMARTS) is 2. The average molecular weight is 276 g/mol. The Bertz CT molecular complexity index is 226. The average Bonchev–Trinajstić information content (AvgIpc) is 2.36. The van der Waals surface area contributed by atoms with Crippen molar-refractivity contribution in [2.45, 2.75) is 44.9 Å². The lowest BCUT2D eigenvalue weighted by Gasteiger charge is -1.98. The van der Waals surface area contributed by atoms with Gasteiger partial charge in [0.25, 0.3) is 0 Å². The molecular weight excluding hydrogens is 252 g/mol. The molecule has 0 amide bonds. The maximum Gasteiger partial charge on any atom is 0.328 e. The maximum absolute atomic E-state index is 9.55. The molecule has 0 heterocycles. The van der Waals surface area contributed by atoms with Crippen molar-refractivity contribution >= 4 is 11.9 Å². The van der Waals surface area contributed by atoms with Gasteiger partial charge in [-0.3, -0.25) is 0 Å². The molecule has 0 bridgehead atoms. The van der Waals surface area contributed by atoms with Crippen LogP contribution in [0, 0.1) is 0 Å². The molecule has 112 valence electrons. The smallest absolute Gasteiger partial charge is 0.328 e. The highest BCUT2D eigenvalue weighted by Crippen LogP contribution is 2.06. The summed E-state index contributed by atoms with van der Waals surface area (Å²) in [6.45, 7) is 0.660. The van der Waals surface area contributed by atoms with Crippen LogP contribution >= 0.6 is 0 Å². The van der Waals surface area contributed by atoms with Crippen LogP contribution in [0.5, 0.6) is 0 Å². The lowest BCUT2D eigenvalue weighted by atomic mass is 10.1. The van der Waals surface area contributed by atoms with E-state index in [-0.39, 0.29) is 0 Å². The van der Waals surface area contributed by atoms with Gasteiger partial charge < -0.3 is 20.4 Å². The van der Waals surface area contributed by atoms with E-state index < -0.39 is 11.9 Å². The minimum Gasteiger partial charge on any atom is -0.478 e. The minimum absolute atomic E-state index is 0.330. The van der Waals surface area contributed by atoms with E-state index in [0.717, 1.165) is 25.7 Å². The molecule has 0 aliphatic carbocycles. The van der Waals surface area contributed by atoms with Crippen LogP contribution in [0.3, 0.4) is 0 Å². The fourth-order valence-corrected chi connectivity index (χ4v) is 1.25. The summed E-state index contributed by atoms with van der Waals surface area (Å²) in [5.74, 6) is -2.51. The van der Waals surface area contributed by atoms with Crippen molar-refractivity contribution in [2.75, 3.05) is 13.2 Å². The predicted octanol–water partition coefficient (Wildman–Crippen LogP) is 1.41. The van der Waals surface area contributed by atoms with E-state index in [0.29, 0.717) is 25.4 Å². The van der Waals surface area contributed by atoms with E-state index in [2.05, 4.69) is 0 Å². The lowest BCUT2D eigenvalue weighted by Crippen LogP contribution is -1.91. The SMILES string of the molecule is O=C(O)/C=C/C(=O)O.OCCCCCCCCCO. The highest BCUT2D eigenvalue weighted by atomic mass is 16.4. The Morgan fingerprint density at radius 1 is 0.632 bits per heavy atom. The second kappa shape index (κ2) is 16.6. The van der Waals surface area contributed by atoms with Gasteiger partial charge in [-0.1, -0.05) is 32.1 Å². The van der Waals surface area contributed by atoms with Gasteiger partial charge >= 0.3 is 11.9 Å². The van der Waals surface area contributed by atoms with Crippen LogP contribution < -0.4 is 0 Å². The highest BCUT2D eigenvalue weighted by Gasteiger charge is 1.89. The van der Waals surface area contributed by atoms with Gasteiger partial charge in [0.05, 0.1) is 0 Å². The van der Waals surface area contributed by atoms with E-state index in [1.54, 1.807) is 0 Å². The summed E-state index contributed by atoms with van der Waals surface area (Å²) < 4.78 is 0. The molecule has 0 aromatic heterocycles. The zero-order chi connectivity index (χ0) is 14.9. The monoisotopic (exact) mass is 276 g/mol. The molecule has 0 fully saturated rings. The normalized spacial score (nSPS) is 10.0. The summed E-state index contributed by atoms with van der Waals surface area (Å²) in [7, 11) is 0. The van der Waals surface area contributed by atoms with Gasteiger partial charge in [-0.2, -0.15) is 0 Å². The molecule has 0 saturated heterocycles. The molecule has 6 nitrogen and oxygen atoms in total. The second-order valence-corrected chi connectivity index (χ2v) is 3.93. The number of carbonyl (C=O) groups is 2. The predicted molar refractivity (Wildman–Crippen MR) is 70.9 cm³/mol. The van der Waals surface area contributed by atoms with E-state index in [1.165, 1.54) is 19.3 Å². The van der Waals surface area contributed by atoms with E-state index >= 15 is 0 Å². The summed E-state index contributed by atoms with van der Waals surface area (Å²) in [5.41, 5.74) is 0. The fourth-order valence-electron chi connectivity index (χ4n) is 1.25. The Balaban J connectivity index is 0. The molecule has 4 N–H and O–H groups in total. The Hall–Kier alpha value is -1.40. The van der Waals surface area contributed by atoms with Gasteiger partial charge in [0.2, 0.25) is 0 Å². The molecule has 19 heavy (non-hydrogen) atoms. The largest absolute Gasteiger partial charge is 0.478 e. The molecule has 0 aliphatic rings. The molecule has 0 aromatic carbocycles. The van der Waals surface area contributed by atoms with Crippen LogP contribution in [0.25, 0.3) is 0 Å². The van der Waals surface area contributed by atoms with Gasteiger partial charge in [0, 0.05) is 25.4 Å². The van der Waals surface area contributed by atoms with E-state index in [4.69, 9.17) is 20.4 Å². The topological polar surface area (TPSA) is 115 Å². The van der Waals surface area contributed by atoms with Crippen LogP contribution in [-0.2, 0) is 9.59 Å². The summed E-state index contributed by atoms with van der Waals surface area (Å²) in [6, 6.07) is 0. The Kier molecular flexibility index (Phi) is 17.4. The fraction of sp³-hybridized carbons (Fsp3) is 0.692. The van der Waals surface area contributed by atoms with Crippen LogP contribution in [-0.4, -0.2) is 45.6 Å². The molecule has 6 heteroatoms. The third kappa shape index (κ3) is 26.3. The number of aliphatic carboxylic acids is 2. The third-order valence-electron chi connectivity index (χ3n) is 2.18. The minimum atomic E-state index is -1.26. The highest BCUT2D eigenvalue weighted by molar-refractivity contribution is 5.89. The Morgan fingerprint density at radius 2 is 0.895 bits per heavy atom. The van der Waals surface area contributed by atoms with Crippen LogP contribution in [0.2, 0.25) is 0 Å². The van der Waals surface area contributed by atoms with Gasteiger partial charge in [0.15, 0.2) is 0 Å². The lowest BCUT2D eigenvalue weighted by molar-refractivity contribution is -0.134. The van der Waals surface area contributed by atoms with Crippen molar-refractivity contribution in [1.82, 2.24) is 0 Å². The van der Waals surface area contributed by atoms with Crippen molar-refractivity contribution in [3.05, 3.63) is 12.2 Å². The van der Waals surface area contributed by atoms with E-state index in [9.17, 15) is 9.59 Å². The molecule has 0 rings (SSSR count). The number of rotatable bonds is 10. The van der Waals surface area contributed by atoms with Crippen molar-refractivity contribution in [3.63, 3.8) is 0 Å². The zero-order valence-corrected chi connectivity index (χ0v) is 11.1. The third-order valence-corrected chi connectivity index (χ3v) is 2.18. The first-order chi connectivity index (χ1) is 9.04. The van der Waals surface area contributed by atoms with Crippen LogP contribution in [0.1, 0.15) is 44.9 Å². The molecule has 0 aliphatic heterocycles. The number of aliphatic hydroxyl groups excluding tert-OH is 2. The molecule has 0 unspecified atom stereocenters. The number of hydrogen-bond donors (Lipinski definition) is 4. The van der Waals surface area contributed by atoms with Gasteiger partial charge in [-0.15, -0.1) is 0 Å². The number of aliphatic hydroxyl groups is 2. The van der Waals surface area contributed by atoms with Gasteiger partial charge in [-0.05, 0) is 12.8 Å². The zero-order valence-electron chi connectivity index (χ0n) is 11.1. The van der Waals surface area contributed by atoms with Crippen molar-refractivity contribution in [1.29, 1.82) is 0 Å². The number of unbranched alkanes of at least 4 members (excludes halogenated alkanes) is 6. The molecule has 0 aromatic rings. The van der Waals surface area contributed by atoms with E-state index in [1.807, 2.05) is 0 Å². The van der Waals surface area contributed by atoms with Crippen molar-refractivity contribution in [2.24, 2.45) is 0 Å². The standard InChI is InChI=1S/C9H20O2.C4H4O4/c10-8-6-4-2-1-3-5-7-9-11;5-3(6)1-2-4(7)8/h10-11H,1-9H2;1-2H,(H,5,6)(H,7,8)/b;2-1+. The van der Waals surface area contributed by atoms with Gasteiger partial charge in [0.1, 0.15) is 0 Å². The second-order valence-electron chi connectivity index (χ2n) is 3.93. The van der Waals surface area contributed by atoms with Crippen LogP contribution in [0.4, 0.5) is 0 Å². The molecule has 0 saturated carbocycles. The first kappa shape index (κ1) is 19.9. The first-order valence-electron chi connectivity index (χ1n) is 6.40. The molecule has 0 atom stereocenters. The molecule has 0 radical (unpaired) electrons.